The number of hydrogen-bond acceptors (Lipinski definition) is 6. The van der Waals surface area contributed by atoms with Gasteiger partial charge in [0.2, 0.25) is 9.70 Å². The van der Waals surface area contributed by atoms with Gasteiger partial charge in [0.05, 0.1) is 17.1 Å². The van der Waals surface area contributed by atoms with Crippen LogP contribution in [-0.4, -0.2) is 37.4 Å². The van der Waals surface area contributed by atoms with E-state index in [-0.39, 0.29) is 23.0 Å². The topological polar surface area (TPSA) is 92.7 Å². The number of carbonyl (C=O) groups excluding carboxylic acids is 2. The van der Waals surface area contributed by atoms with E-state index in [0.717, 1.165) is 43.1 Å². The third kappa shape index (κ3) is 10.1. The molecule has 1 amide bonds. The molecule has 228 valence electrons. The van der Waals surface area contributed by atoms with Crippen LogP contribution in [0.1, 0.15) is 51.5 Å². The number of alkyl halides is 3. The maximum absolute atomic E-state index is 13.1. The number of carbonyl (C=O) groups is 2. The van der Waals surface area contributed by atoms with Crippen molar-refractivity contribution < 1.29 is 14.3 Å². The van der Waals surface area contributed by atoms with Crippen LogP contribution in [0.15, 0.2) is 77.9 Å². The molecule has 2 atom stereocenters. The molecule has 1 heterocycles. The molecule has 1 saturated carbocycles. The molecule has 2 N–H and O–H groups in total. The van der Waals surface area contributed by atoms with Gasteiger partial charge in [-0.05, 0) is 48.4 Å². The smallest absolute Gasteiger partial charge is 0.310 e. The van der Waals surface area contributed by atoms with Crippen LogP contribution in [0.25, 0.3) is 17.0 Å². The van der Waals surface area contributed by atoms with E-state index in [2.05, 4.69) is 20.6 Å². The average Bonchev–Trinajstić information content (AvgIpc) is 3.00. The zero-order valence-electron chi connectivity index (χ0n) is 24.0. The summed E-state index contributed by atoms with van der Waals surface area (Å²) < 4.78 is 4.04. The molecule has 43 heavy (non-hydrogen) atoms. The number of anilines is 1. The zero-order valence-corrected chi connectivity index (χ0v) is 27.1. The Morgan fingerprint density at radius 1 is 1.02 bits per heavy atom. The zero-order chi connectivity index (χ0) is 30.8. The lowest BCUT2D eigenvalue weighted by Gasteiger charge is -2.27. The average molecular weight is 662 g/mol. The molecular formula is C32H35Cl3N4O3S. The van der Waals surface area contributed by atoms with Gasteiger partial charge in [-0.25, -0.2) is 4.99 Å². The number of amides is 1. The number of hydrogen-bond donors (Lipinski definition) is 2. The van der Waals surface area contributed by atoms with E-state index in [0.29, 0.717) is 11.2 Å². The van der Waals surface area contributed by atoms with Gasteiger partial charge in [-0.2, -0.15) is 0 Å². The fourth-order valence-electron chi connectivity index (χ4n) is 4.59. The number of aromatic nitrogens is 1. The normalized spacial score (nSPS) is 16.3. The number of benzene rings is 2. The highest BCUT2D eigenvalue weighted by Crippen LogP contribution is 2.34. The summed E-state index contributed by atoms with van der Waals surface area (Å²) in [6, 6.07) is 18.9. The van der Waals surface area contributed by atoms with E-state index in [4.69, 9.17) is 39.5 Å². The number of ether oxygens (including phenoxy) is 1. The van der Waals surface area contributed by atoms with Gasteiger partial charge in [0.1, 0.15) is 0 Å². The van der Waals surface area contributed by atoms with Crippen LogP contribution >= 0.6 is 46.6 Å². The minimum Gasteiger partial charge on any atom is -0.450 e. The van der Waals surface area contributed by atoms with E-state index in [1.54, 1.807) is 12.3 Å². The number of fused-ring (bicyclic) bond motifs is 1. The van der Waals surface area contributed by atoms with Crippen LogP contribution in [0.4, 0.5) is 5.69 Å². The third-order valence-corrected chi connectivity index (χ3v) is 8.80. The minimum absolute atomic E-state index is 0.0650. The van der Waals surface area contributed by atoms with Crippen molar-refractivity contribution in [2.75, 3.05) is 5.32 Å². The van der Waals surface area contributed by atoms with Gasteiger partial charge in [0, 0.05) is 23.6 Å². The molecule has 0 aliphatic heterocycles. The Kier molecular flexibility index (Phi) is 12.2. The van der Waals surface area contributed by atoms with Gasteiger partial charge < -0.3 is 15.4 Å². The molecule has 3 aromatic rings. The van der Waals surface area contributed by atoms with Gasteiger partial charge in [-0.15, -0.1) is 0 Å². The summed E-state index contributed by atoms with van der Waals surface area (Å²) in [6.07, 6.45) is 8.26. The second kappa shape index (κ2) is 15.8. The number of nitrogens with one attached hydrogen (secondary N) is 2. The predicted molar refractivity (Wildman–Crippen MR) is 179 cm³/mol. The van der Waals surface area contributed by atoms with Crippen molar-refractivity contribution >= 4 is 86.3 Å². The first-order chi connectivity index (χ1) is 20.6. The van der Waals surface area contributed by atoms with Crippen LogP contribution in [0, 0.1) is 11.8 Å². The second-order valence-electron chi connectivity index (χ2n) is 10.6. The largest absolute Gasteiger partial charge is 0.450 e. The fourth-order valence-corrected chi connectivity index (χ4v) is 5.87. The summed E-state index contributed by atoms with van der Waals surface area (Å²) in [7, 11) is 0. The number of rotatable bonds is 9. The number of aliphatic imine (C=N–C) groups is 1. The molecule has 2 aromatic carbocycles. The molecule has 4 rings (SSSR count). The maximum atomic E-state index is 13.1. The van der Waals surface area contributed by atoms with Crippen molar-refractivity contribution in [1.82, 2.24) is 10.3 Å². The molecule has 1 aromatic heterocycles. The number of esters is 1. The molecule has 2 unspecified atom stereocenters. The van der Waals surface area contributed by atoms with Crippen LogP contribution in [0.3, 0.4) is 0 Å². The molecule has 7 nitrogen and oxygen atoms in total. The van der Waals surface area contributed by atoms with Gasteiger partial charge in [-0.1, -0.05) is 116 Å². The number of amidine groups is 1. The molecular weight excluding hydrogens is 627 g/mol. The Bertz CT molecular complexity index is 1440. The highest BCUT2D eigenvalue weighted by atomic mass is 35.6. The van der Waals surface area contributed by atoms with Gasteiger partial charge in [0.25, 0.3) is 0 Å². The van der Waals surface area contributed by atoms with Crippen LogP contribution < -0.4 is 10.6 Å². The lowest BCUT2D eigenvalue weighted by molar-refractivity contribution is -0.152. The Morgan fingerprint density at radius 2 is 1.74 bits per heavy atom. The monoisotopic (exact) mass is 660 g/mol. The number of halogens is 3. The van der Waals surface area contributed by atoms with E-state index >= 15 is 0 Å². The number of nitrogens with zero attached hydrogens (tertiary/aromatic N) is 2. The summed E-state index contributed by atoms with van der Waals surface area (Å²) >= 11 is 20.2. The quantitative estimate of drug-likeness (QED) is 0.0598. The Hall–Kier alpha value is -2.78. The predicted octanol–water partition coefficient (Wildman–Crippen LogP) is 8.37. The summed E-state index contributed by atoms with van der Waals surface area (Å²) in [5, 5.41) is 7.20. The molecule has 1 aliphatic carbocycles. The lowest BCUT2D eigenvalue weighted by atomic mass is 9.89. The van der Waals surface area contributed by atoms with Gasteiger partial charge >= 0.3 is 5.97 Å². The van der Waals surface area contributed by atoms with E-state index in [1.807, 2.05) is 74.5 Å². The lowest BCUT2D eigenvalue weighted by Crippen LogP contribution is -2.43. The molecule has 0 radical (unpaired) electrons. The van der Waals surface area contributed by atoms with Crippen molar-refractivity contribution in [2.24, 2.45) is 16.8 Å². The molecule has 1 fully saturated rings. The molecule has 0 bridgehead atoms. The van der Waals surface area contributed by atoms with Crippen molar-refractivity contribution in [2.45, 2.75) is 61.3 Å². The standard InChI is InChI=1S/C32H35Cl3N4O3S/c1-21(2)29(42-28(41)24-13-7-4-8-14-24)43-31(37-25-17-9-15-23-16-10-20-36-27(23)25)39-30(32(33,34)35)38-26(40)19-18-22-11-5-3-6-12-22/h3,5-6,9-12,15-21,24,29-30H,4,7-8,13-14H2,1-2H3,(H,37,39)(H,38,40)/b19-18+. The maximum Gasteiger partial charge on any atom is 0.310 e. The Balaban J connectivity index is 1.64. The molecule has 1 aliphatic rings. The summed E-state index contributed by atoms with van der Waals surface area (Å²) in [4.78, 5) is 35.2. The van der Waals surface area contributed by atoms with Crippen molar-refractivity contribution in [3.05, 3.63) is 78.5 Å². The summed E-state index contributed by atoms with van der Waals surface area (Å²) in [6.45, 7) is 3.93. The number of thioether (sulfide) groups is 1. The van der Waals surface area contributed by atoms with E-state index < -0.39 is 21.3 Å². The van der Waals surface area contributed by atoms with Crippen molar-refractivity contribution in [1.29, 1.82) is 0 Å². The Labute approximate surface area is 271 Å². The van der Waals surface area contributed by atoms with E-state index in [1.165, 1.54) is 17.8 Å². The minimum atomic E-state index is -1.99. The third-order valence-electron chi connectivity index (χ3n) is 6.88. The first kappa shape index (κ1) is 33.1. The first-order valence-corrected chi connectivity index (χ1v) is 16.3. The number of pyridine rings is 1. The van der Waals surface area contributed by atoms with Crippen LogP contribution in [-0.2, 0) is 14.3 Å². The summed E-state index contributed by atoms with van der Waals surface area (Å²) in [5.41, 5.74) is 1.61. The first-order valence-electron chi connectivity index (χ1n) is 14.3. The Morgan fingerprint density at radius 3 is 2.44 bits per heavy atom. The van der Waals surface area contributed by atoms with E-state index in [9.17, 15) is 9.59 Å². The van der Waals surface area contributed by atoms with Crippen molar-refractivity contribution in [3.8, 4) is 0 Å². The SMILES string of the molecule is CC(C)C(OC(=O)C1CCCCC1)SC(=NC(NC(=O)/C=C/c1ccccc1)C(Cl)(Cl)Cl)Nc1cccc2cccnc12. The summed E-state index contributed by atoms with van der Waals surface area (Å²) in [5.74, 6) is -0.890. The molecule has 0 spiro atoms. The van der Waals surface area contributed by atoms with Crippen LogP contribution in [0.2, 0.25) is 0 Å². The fraction of sp³-hybridized carbons (Fsp3) is 0.375. The molecule has 11 heteroatoms. The van der Waals surface area contributed by atoms with Gasteiger partial charge in [0.15, 0.2) is 16.8 Å². The highest BCUT2D eigenvalue weighted by molar-refractivity contribution is 8.14. The highest BCUT2D eigenvalue weighted by Gasteiger charge is 2.35. The van der Waals surface area contributed by atoms with Crippen LogP contribution in [0.5, 0.6) is 0 Å². The number of para-hydroxylation sites is 1. The molecule has 0 saturated heterocycles. The second-order valence-corrected chi connectivity index (χ2v) is 14.1. The van der Waals surface area contributed by atoms with Gasteiger partial charge in [-0.3, -0.25) is 14.6 Å². The van der Waals surface area contributed by atoms with Crippen molar-refractivity contribution in [3.63, 3.8) is 0 Å².